The van der Waals surface area contributed by atoms with Gasteiger partial charge in [-0.25, -0.2) is 0 Å². The van der Waals surface area contributed by atoms with Crippen LogP contribution in [0.1, 0.15) is 19.8 Å². The van der Waals surface area contributed by atoms with Crippen molar-refractivity contribution in [1.29, 1.82) is 0 Å². The Balaban J connectivity index is 0. The average molecular weight is 235 g/mol. The molecule has 1 amide bonds. The van der Waals surface area contributed by atoms with E-state index >= 15 is 0 Å². The molecular weight excluding hydrogens is 210 g/mol. The molecule has 1 fully saturated rings. The number of amides is 1. The summed E-state index contributed by atoms with van der Waals surface area (Å²) in [4.78, 5) is 10.9. The highest BCUT2D eigenvalue weighted by molar-refractivity contribution is 5.45. The minimum atomic E-state index is -0.0648. The molecule has 1 aliphatic rings. The van der Waals surface area contributed by atoms with Gasteiger partial charge in [0.15, 0.2) is 6.29 Å². The molecule has 0 radical (unpaired) electrons. The van der Waals surface area contributed by atoms with Crippen molar-refractivity contribution in [3.8, 4) is 0 Å². The van der Waals surface area contributed by atoms with Gasteiger partial charge in [0, 0.05) is 41.5 Å². The SMILES string of the molecule is C1CCOC1.CN(C)C=O.COC(C)OC. The normalized spacial score (nSPS) is 13.4. The zero-order valence-corrected chi connectivity index (χ0v) is 11.1. The maximum Gasteiger partial charge on any atom is 0.209 e. The number of carbonyl (C=O) groups is 1. The second-order valence-corrected chi connectivity index (χ2v) is 3.43. The van der Waals surface area contributed by atoms with Crippen molar-refractivity contribution >= 4 is 6.41 Å². The Hall–Kier alpha value is -0.650. The van der Waals surface area contributed by atoms with E-state index in [4.69, 9.17) is 4.74 Å². The predicted molar refractivity (Wildman–Crippen MR) is 63.3 cm³/mol. The second-order valence-electron chi connectivity index (χ2n) is 3.43. The van der Waals surface area contributed by atoms with Crippen molar-refractivity contribution in [2.45, 2.75) is 26.1 Å². The molecule has 1 heterocycles. The van der Waals surface area contributed by atoms with Gasteiger partial charge in [0.2, 0.25) is 6.41 Å². The maximum atomic E-state index is 9.43. The molecule has 0 saturated carbocycles. The Bertz CT molecular complexity index is 126. The summed E-state index contributed by atoms with van der Waals surface area (Å²) in [5.41, 5.74) is 0. The van der Waals surface area contributed by atoms with Gasteiger partial charge < -0.3 is 19.1 Å². The number of rotatable bonds is 3. The molecule has 0 N–H and O–H groups in total. The van der Waals surface area contributed by atoms with Crippen LogP contribution >= 0.6 is 0 Å². The molecule has 5 heteroatoms. The third-order valence-electron chi connectivity index (χ3n) is 1.70. The summed E-state index contributed by atoms with van der Waals surface area (Å²) >= 11 is 0. The van der Waals surface area contributed by atoms with Crippen LogP contribution in [0.25, 0.3) is 0 Å². The molecule has 98 valence electrons. The predicted octanol–water partition coefficient (Wildman–Crippen LogP) is 1.13. The summed E-state index contributed by atoms with van der Waals surface area (Å²) < 4.78 is 14.3. The largest absolute Gasteiger partial charge is 0.381 e. The van der Waals surface area contributed by atoms with Gasteiger partial charge in [-0.05, 0) is 19.8 Å². The summed E-state index contributed by atoms with van der Waals surface area (Å²) in [5.74, 6) is 0. The van der Waals surface area contributed by atoms with E-state index in [1.807, 2.05) is 6.92 Å². The quantitative estimate of drug-likeness (QED) is 0.543. The highest BCUT2D eigenvalue weighted by Crippen LogP contribution is 1.98. The third-order valence-corrected chi connectivity index (χ3v) is 1.70. The van der Waals surface area contributed by atoms with Gasteiger partial charge in [0.25, 0.3) is 0 Å². The molecule has 1 saturated heterocycles. The van der Waals surface area contributed by atoms with Crippen molar-refractivity contribution in [1.82, 2.24) is 4.90 Å². The number of methoxy groups -OCH3 is 2. The Morgan fingerprint density at radius 3 is 1.62 bits per heavy atom. The number of ether oxygens (including phenoxy) is 3. The lowest BCUT2D eigenvalue weighted by Crippen LogP contribution is -2.06. The standard InChI is InChI=1S/C4H10O2.C4H8O.C3H7NO/c1-4(5-2)6-3;1-2-4-5-3-1;1-4(2)3-5/h4H,1-3H3;1-4H2;3H,1-2H3. The Kier molecular flexibility index (Phi) is 15.9. The maximum absolute atomic E-state index is 9.43. The molecule has 0 unspecified atom stereocenters. The fourth-order valence-corrected chi connectivity index (χ4v) is 0.607. The number of hydrogen-bond donors (Lipinski definition) is 0. The van der Waals surface area contributed by atoms with E-state index in [-0.39, 0.29) is 6.29 Å². The summed E-state index contributed by atoms with van der Waals surface area (Å²) in [6.07, 6.45) is 3.24. The number of carbonyl (C=O) groups excluding carboxylic acids is 1. The first-order valence-electron chi connectivity index (χ1n) is 5.33. The van der Waals surface area contributed by atoms with E-state index in [0.29, 0.717) is 0 Å². The Morgan fingerprint density at radius 1 is 1.19 bits per heavy atom. The van der Waals surface area contributed by atoms with Crippen LogP contribution in [-0.2, 0) is 19.0 Å². The van der Waals surface area contributed by atoms with E-state index in [1.54, 1.807) is 28.3 Å². The molecule has 1 aliphatic heterocycles. The molecule has 5 nitrogen and oxygen atoms in total. The fourth-order valence-electron chi connectivity index (χ4n) is 0.607. The Morgan fingerprint density at radius 2 is 1.56 bits per heavy atom. The van der Waals surface area contributed by atoms with Crippen LogP contribution in [0.4, 0.5) is 0 Å². The highest BCUT2D eigenvalue weighted by Gasteiger charge is 1.94. The molecule has 16 heavy (non-hydrogen) atoms. The highest BCUT2D eigenvalue weighted by atomic mass is 16.7. The van der Waals surface area contributed by atoms with Gasteiger partial charge in [0.05, 0.1) is 0 Å². The first-order valence-corrected chi connectivity index (χ1v) is 5.33. The molecule has 0 aliphatic carbocycles. The van der Waals surface area contributed by atoms with Crippen LogP contribution in [0.5, 0.6) is 0 Å². The zero-order chi connectivity index (χ0) is 12.8. The van der Waals surface area contributed by atoms with Crippen molar-refractivity contribution in [3.63, 3.8) is 0 Å². The van der Waals surface area contributed by atoms with Gasteiger partial charge in [-0.3, -0.25) is 4.79 Å². The van der Waals surface area contributed by atoms with Crippen molar-refractivity contribution < 1.29 is 19.0 Å². The van der Waals surface area contributed by atoms with Gasteiger partial charge in [0.1, 0.15) is 0 Å². The summed E-state index contributed by atoms with van der Waals surface area (Å²) in [7, 11) is 6.59. The molecular formula is C11H25NO4. The first kappa shape index (κ1) is 17.7. The van der Waals surface area contributed by atoms with Crippen LogP contribution < -0.4 is 0 Å². The fraction of sp³-hybridized carbons (Fsp3) is 0.909. The smallest absolute Gasteiger partial charge is 0.209 e. The minimum absolute atomic E-state index is 0.0648. The van der Waals surface area contributed by atoms with Gasteiger partial charge >= 0.3 is 0 Å². The van der Waals surface area contributed by atoms with E-state index in [2.05, 4.69) is 9.47 Å². The minimum Gasteiger partial charge on any atom is -0.381 e. The summed E-state index contributed by atoms with van der Waals surface area (Å²) in [6.45, 7) is 3.83. The van der Waals surface area contributed by atoms with Gasteiger partial charge in [-0.15, -0.1) is 0 Å². The summed E-state index contributed by atoms with van der Waals surface area (Å²) in [5, 5.41) is 0. The van der Waals surface area contributed by atoms with Crippen molar-refractivity contribution in [3.05, 3.63) is 0 Å². The van der Waals surface area contributed by atoms with Crippen LogP contribution in [0, 0.1) is 0 Å². The van der Waals surface area contributed by atoms with Crippen molar-refractivity contribution in [2.75, 3.05) is 41.5 Å². The van der Waals surface area contributed by atoms with E-state index < -0.39 is 0 Å². The first-order chi connectivity index (χ1) is 7.58. The van der Waals surface area contributed by atoms with Crippen LogP contribution in [-0.4, -0.2) is 59.1 Å². The van der Waals surface area contributed by atoms with E-state index in [0.717, 1.165) is 19.6 Å². The van der Waals surface area contributed by atoms with Crippen LogP contribution in [0.3, 0.4) is 0 Å². The lowest BCUT2D eigenvalue weighted by Gasteiger charge is -2.03. The monoisotopic (exact) mass is 235 g/mol. The molecule has 0 aromatic heterocycles. The lowest BCUT2D eigenvalue weighted by molar-refractivity contribution is -0.115. The van der Waals surface area contributed by atoms with Crippen molar-refractivity contribution in [2.24, 2.45) is 0 Å². The summed E-state index contributed by atoms with van der Waals surface area (Å²) in [6, 6.07) is 0. The van der Waals surface area contributed by atoms with Crippen LogP contribution in [0.2, 0.25) is 0 Å². The number of hydrogen-bond acceptors (Lipinski definition) is 4. The van der Waals surface area contributed by atoms with Gasteiger partial charge in [-0.2, -0.15) is 0 Å². The van der Waals surface area contributed by atoms with E-state index in [1.165, 1.54) is 17.7 Å². The molecule has 0 bridgehead atoms. The zero-order valence-electron chi connectivity index (χ0n) is 11.1. The average Bonchev–Trinajstić information content (AvgIpc) is 2.87. The molecule has 1 rings (SSSR count). The Labute approximate surface area is 98.7 Å². The van der Waals surface area contributed by atoms with E-state index in [9.17, 15) is 4.79 Å². The molecule has 0 aromatic rings. The van der Waals surface area contributed by atoms with Crippen LogP contribution in [0.15, 0.2) is 0 Å². The molecule has 0 spiro atoms. The second kappa shape index (κ2) is 14.3. The molecule has 0 atom stereocenters. The number of nitrogens with zero attached hydrogens (tertiary/aromatic N) is 1. The lowest BCUT2D eigenvalue weighted by atomic mass is 10.4. The third kappa shape index (κ3) is 19.0. The van der Waals surface area contributed by atoms with Gasteiger partial charge in [-0.1, -0.05) is 0 Å². The topological polar surface area (TPSA) is 48.0 Å². The molecule has 0 aromatic carbocycles.